The number of piperidine rings is 1. The van der Waals surface area contributed by atoms with Gasteiger partial charge in [0.15, 0.2) is 0 Å². The minimum absolute atomic E-state index is 0.196. The molecule has 1 unspecified atom stereocenters. The molecule has 1 fully saturated rings. The summed E-state index contributed by atoms with van der Waals surface area (Å²) < 4.78 is 5.46. The molecule has 1 aliphatic heterocycles. The van der Waals surface area contributed by atoms with Crippen molar-refractivity contribution in [2.75, 3.05) is 26.5 Å². The van der Waals surface area contributed by atoms with Crippen LogP contribution in [-0.2, 0) is 6.54 Å². The van der Waals surface area contributed by atoms with Crippen LogP contribution in [0.25, 0.3) is 0 Å². The van der Waals surface area contributed by atoms with Crippen LogP contribution >= 0.6 is 11.8 Å². The Bertz CT molecular complexity index is 462. The van der Waals surface area contributed by atoms with Crippen LogP contribution in [0, 0.1) is 5.41 Å². The average molecular weight is 294 g/mol. The van der Waals surface area contributed by atoms with Gasteiger partial charge in [-0.15, -0.1) is 11.8 Å². The molecule has 3 nitrogen and oxygen atoms in total. The van der Waals surface area contributed by atoms with Gasteiger partial charge in [0.05, 0.1) is 7.11 Å². The first-order valence-corrected chi connectivity index (χ1v) is 8.37. The fourth-order valence-corrected chi connectivity index (χ4v) is 3.40. The van der Waals surface area contributed by atoms with Gasteiger partial charge >= 0.3 is 0 Å². The normalized spacial score (nSPS) is 22.8. The Morgan fingerprint density at radius 3 is 2.80 bits per heavy atom. The van der Waals surface area contributed by atoms with Gasteiger partial charge in [-0.25, -0.2) is 0 Å². The Balaban J connectivity index is 2.07. The molecule has 0 amide bonds. The number of methoxy groups -OCH3 is 1. The maximum Gasteiger partial charge on any atom is 0.132 e. The fraction of sp³-hybridized carbons (Fsp3) is 0.625. The van der Waals surface area contributed by atoms with Crippen molar-refractivity contribution >= 4 is 11.8 Å². The number of nitrogens with two attached hydrogens (primary N) is 1. The quantitative estimate of drug-likeness (QED) is 0.867. The van der Waals surface area contributed by atoms with Gasteiger partial charge in [0.1, 0.15) is 5.75 Å². The van der Waals surface area contributed by atoms with E-state index in [2.05, 4.69) is 43.2 Å². The molecule has 20 heavy (non-hydrogen) atoms. The fourth-order valence-electron chi connectivity index (χ4n) is 2.86. The summed E-state index contributed by atoms with van der Waals surface area (Å²) >= 11 is 1.72. The van der Waals surface area contributed by atoms with Crippen molar-refractivity contribution in [3.05, 3.63) is 23.8 Å². The highest BCUT2D eigenvalue weighted by molar-refractivity contribution is 7.98. The molecule has 112 valence electrons. The van der Waals surface area contributed by atoms with E-state index in [1.807, 2.05) is 0 Å². The first-order chi connectivity index (χ1) is 9.46. The second-order valence-corrected chi connectivity index (χ2v) is 7.13. The van der Waals surface area contributed by atoms with Gasteiger partial charge in [-0.3, -0.25) is 4.90 Å². The number of hydrogen-bond donors (Lipinski definition) is 1. The summed E-state index contributed by atoms with van der Waals surface area (Å²) in [5.74, 6) is 0.975. The number of likely N-dealkylation sites (tertiary alicyclic amines) is 1. The number of rotatable bonds is 4. The number of benzene rings is 1. The Hall–Kier alpha value is -0.710. The molecule has 0 aliphatic carbocycles. The number of hydrogen-bond acceptors (Lipinski definition) is 4. The molecule has 0 bridgehead atoms. The van der Waals surface area contributed by atoms with E-state index in [1.54, 1.807) is 18.9 Å². The molecule has 1 saturated heterocycles. The third kappa shape index (κ3) is 3.48. The number of thioether (sulfide) groups is 1. The van der Waals surface area contributed by atoms with Gasteiger partial charge in [0.2, 0.25) is 0 Å². The van der Waals surface area contributed by atoms with Gasteiger partial charge < -0.3 is 10.5 Å². The van der Waals surface area contributed by atoms with Crippen LogP contribution in [0.2, 0.25) is 0 Å². The summed E-state index contributed by atoms with van der Waals surface area (Å²) in [6.07, 6.45) is 3.15. The summed E-state index contributed by atoms with van der Waals surface area (Å²) in [4.78, 5) is 3.69. The maximum atomic E-state index is 6.20. The van der Waals surface area contributed by atoms with Crippen LogP contribution in [0.3, 0.4) is 0 Å². The van der Waals surface area contributed by atoms with E-state index in [-0.39, 0.29) is 5.41 Å². The monoisotopic (exact) mass is 294 g/mol. The zero-order chi connectivity index (χ0) is 14.8. The summed E-state index contributed by atoms with van der Waals surface area (Å²) in [6.45, 7) is 7.64. The maximum absolute atomic E-state index is 6.20. The molecule has 0 radical (unpaired) electrons. The van der Waals surface area contributed by atoms with E-state index in [4.69, 9.17) is 10.5 Å². The summed E-state index contributed by atoms with van der Waals surface area (Å²) in [5.41, 5.74) is 7.71. The summed E-state index contributed by atoms with van der Waals surface area (Å²) in [6, 6.07) is 6.83. The Labute approximate surface area is 126 Å². The van der Waals surface area contributed by atoms with Crippen molar-refractivity contribution in [1.29, 1.82) is 0 Å². The zero-order valence-corrected chi connectivity index (χ0v) is 13.8. The van der Waals surface area contributed by atoms with Gasteiger partial charge in [-0.1, -0.05) is 19.9 Å². The van der Waals surface area contributed by atoms with Crippen molar-refractivity contribution in [1.82, 2.24) is 4.90 Å². The van der Waals surface area contributed by atoms with E-state index >= 15 is 0 Å². The van der Waals surface area contributed by atoms with Gasteiger partial charge in [-0.2, -0.15) is 0 Å². The summed E-state index contributed by atoms with van der Waals surface area (Å²) in [5, 5.41) is 0. The lowest BCUT2D eigenvalue weighted by atomic mass is 9.79. The van der Waals surface area contributed by atoms with Crippen LogP contribution < -0.4 is 10.5 Å². The standard InChI is InChI=1S/C16H26N2OS/c1-16(2)11-18(8-7-15(16)17)10-12-5-6-14(20-4)13(9-12)19-3/h5-6,9,15H,7-8,10-11,17H2,1-4H3. The van der Waals surface area contributed by atoms with Crippen LogP contribution in [0.1, 0.15) is 25.8 Å². The second kappa shape index (κ2) is 6.37. The van der Waals surface area contributed by atoms with Crippen LogP contribution in [-0.4, -0.2) is 37.4 Å². The van der Waals surface area contributed by atoms with Crippen LogP contribution in [0.5, 0.6) is 5.75 Å². The minimum atomic E-state index is 0.196. The molecule has 0 aromatic heterocycles. The van der Waals surface area contributed by atoms with Crippen LogP contribution in [0.15, 0.2) is 23.1 Å². The van der Waals surface area contributed by atoms with Gasteiger partial charge in [0, 0.05) is 30.6 Å². The van der Waals surface area contributed by atoms with Crippen molar-refractivity contribution in [3.8, 4) is 5.75 Å². The molecule has 1 aromatic rings. The Morgan fingerprint density at radius 2 is 2.20 bits per heavy atom. The predicted molar refractivity (Wildman–Crippen MR) is 86.4 cm³/mol. The molecule has 0 saturated carbocycles. The van der Waals surface area contributed by atoms with Gasteiger partial charge in [0.25, 0.3) is 0 Å². The van der Waals surface area contributed by atoms with E-state index in [0.29, 0.717) is 6.04 Å². The molecular formula is C16H26N2OS. The smallest absolute Gasteiger partial charge is 0.132 e. The Kier molecular flexibility index (Phi) is 4.99. The molecule has 1 atom stereocenters. The van der Waals surface area contributed by atoms with Crippen molar-refractivity contribution < 1.29 is 4.74 Å². The molecule has 0 spiro atoms. The topological polar surface area (TPSA) is 38.5 Å². The lowest BCUT2D eigenvalue weighted by Crippen LogP contribution is -2.52. The number of nitrogens with zero attached hydrogens (tertiary/aromatic N) is 1. The highest BCUT2D eigenvalue weighted by Gasteiger charge is 2.33. The highest BCUT2D eigenvalue weighted by Crippen LogP contribution is 2.31. The lowest BCUT2D eigenvalue weighted by Gasteiger charge is -2.42. The van der Waals surface area contributed by atoms with Crippen molar-refractivity contribution in [2.45, 2.75) is 37.8 Å². The van der Waals surface area contributed by atoms with Crippen molar-refractivity contribution in [3.63, 3.8) is 0 Å². The average Bonchev–Trinajstić information content (AvgIpc) is 2.42. The number of ether oxygens (including phenoxy) is 1. The third-order valence-electron chi connectivity index (χ3n) is 4.25. The third-order valence-corrected chi connectivity index (χ3v) is 5.02. The van der Waals surface area contributed by atoms with E-state index in [9.17, 15) is 0 Å². The van der Waals surface area contributed by atoms with E-state index < -0.39 is 0 Å². The first-order valence-electron chi connectivity index (χ1n) is 7.15. The molecule has 1 aromatic carbocycles. The summed E-state index contributed by atoms with van der Waals surface area (Å²) in [7, 11) is 1.74. The first kappa shape index (κ1) is 15.7. The highest BCUT2D eigenvalue weighted by atomic mass is 32.2. The minimum Gasteiger partial charge on any atom is -0.496 e. The van der Waals surface area contributed by atoms with E-state index in [0.717, 1.165) is 31.8 Å². The van der Waals surface area contributed by atoms with Gasteiger partial charge in [-0.05, 0) is 35.8 Å². The molecule has 2 rings (SSSR count). The van der Waals surface area contributed by atoms with Crippen LogP contribution in [0.4, 0.5) is 0 Å². The Morgan fingerprint density at radius 1 is 1.45 bits per heavy atom. The largest absolute Gasteiger partial charge is 0.496 e. The molecule has 1 aliphatic rings. The van der Waals surface area contributed by atoms with E-state index in [1.165, 1.54) is 10.5 Å². The molecule has 1 heterocycles. The molecular weight excluding hydrogens is 268 g/mol. The zero-order valence-electron chi connectivity index (χ0n) is 13.0. The van der Waals surface area contributed by atoms with Crippen molar-refractivity contribution in [2.24, 2.45) is 11.1 Å². The molecule has 2 N–H and O–H groups in total. The lowest BCUT2D eigenvalue weighted by molar-refractivity contribution is 0.0898. The predicted octanol–water partition coefficient (Wildman–Crippen LogP) is 2.98. The second-order valence-electron chi connectivity index (χ2n) is 6.28. The molecule has 4 heteroatoms. The SMILES string of the molecule is COc1cc(CN2CCC(N)C(C)(C)C2)ccc1SC.